The maximum Gasteiger partial charge on any atom is 0.249 e. The van der Waals surface area contributed by atoms with Crippen molar-refractivity contribution in [3.63, 3.8) is 0 Å². The van der Waals surface area contributed by atoms with Crippen LogP contribution in [0.1, 0.15) is 57.4 Å². The Labute approximate surface area is 177 Å². The standard InChI is InChI=1S/C23H32N2O3S/c1-2-29-20-10-6-3-7-16(20)13-21(26)24-17-8-4-5-9-18(17)25-22(27)19-14-23(11-12-23)15-28-19/h3,6-7,10,17-19H,2,4-5,8-9,11-15H2,1H3,(H,24,26)(H,25,27)/t17-,18-,19?/m1/s1. The van der Waals surface area contributed by atoms with Crippen molar-refractivity contribution in [2.45, 2.75) is 81.4 Å². The van der Waals surface area contributed by atoms with Gasteiger partial charge in [0.15, 0.2) is 0 Å². The lowest BCUT2D eigenvalue weighted by atomic mass is 9.89. The molecule has 6 heteroatoms. The third-order valence-electron chi connectivity index (χ3n) is 6.52. The van der Waals surface area contributed by atoms with Crippen LogP contribution in [-0.2, 0) is 20.7 Å². The van der Waals surface area contributed by atoms with E-state index in [-0.39, 0.29) is 30.0 Å². The molecular formula is C23H32N2O3S. The van der Waals surface area contributed by atoms with Gasteiger partial charge in [-0.25, -0.2) is 0 Å². The number of hydrogen-bond acceptors (Lipinski definition) is 4. The Morgan fingerprint density at radius 3 is 2.55 bits per heavy atom. The number of carbonyl (C=O) groups is 2. The highest BCUT2D eigenvalue weighted by Crippen LogP contribution is 2.53. The van der Waals surface area contributed by atoms with Gasteiger partial charge in [0.1, 0.15) is 6.10 Å². The fourth-order valence-corrected chi connectivity index (χ4v) is 5.42. The highest BCUT2D eigenvalue weighted by molar-refractivity contribution is 7.99. The summed E-state index contributed by atoms with van der Waals surface area (Å²) in [5.74, 6) is 1.03. The van der Waals surface area contributed by atoms with E-state index in [1.807, 2.05) is 18.2 Å². The maximum absolute atomic E-state index is 12.8. The van der Waals surface area contributed by atoms with Gasteiger partial charge in [-0.1, -0.05) is 38.0 Å². The third kappa shape index (κ3) is 5.15. The molecule has 158 valence electrons. The van der Waals surface area contributed by atoms with Gasteiger partial charge in [-0.15, -0.1) is 11.8 Å². The molecule has 0 radical (unpaired) electrons. The SMILES string of the molecule is CCSc1ccccc1CC(=O)N[C@@H]1CCCC[C@H]1NC(=O)C1CC2(CC2)CO1. The quantitative estimate of drug-likeness (QED) is 0.668. The molecule has 3 aliphatic rings. The molecule has 1 aliphatic heterocycles. The van der Waals surface area contributed by atoms with Crippen molar-refractivity contribution >= 4 is 23.6 Å². The van der Waals surface area contributed by atoms with Crippen LogP contribution < -0.4 is 10.6 Å². The average molecular weight is 417 g/mol. The molecule has 1 aromatic rings. The molecule has 2 N–H and O–H groups in total. The Balaban J connectivity index is 1.32. The molecule has 1 aromatic carbocycles. The zero-order chi connectivity index (χ0) is 20.3. The van der Waals surface area contributed by atoms with Crippen LogP contribution in [0.5, 0.6) is 0 Å². The number of hydrogen-bond donors (Lipinski definition) is 2. The van der Waals surface area contributed by atoms with Gasteiger partial charge < -0.3 is 15.4 Å². The van der Waals surface area contributed by atoms with Crippen molar-refractivity contribution in [1.29, 1.82) is 0 Å². The van der Waals surface area contributed by atoms with E-state index in [2.05, 4.69) is 23.6 Å². The Bertz CT molecular complexity index is 749. The van der Waals surface area contributed by atoms with E-state index in [1.165, 1.54) is 17.7 Å². The van der Waals surface area contributed by atoms with Gasteiger partial charge in [0.2, 0.25) is 11.8 Å². The number of nitrogens with one attached hydrogen (secondary N) is 2. The summed E-state index contributed by atoms with van der Waals surface area (Å²) in [5, 5.41) is 6.40. The van der Waals surface area contributed by atoms with Gasteiger partial charge >= 0.3 is 0 Å². The predicted octanol–water partition coefficient (Wildman–Crippen LogP) is 3.45. The second kappa shape index (κ2) is 9.09. The number of amides is 2. The summed E-state index contributed by atoms with van der Waals surface area (Å²) in [5.41, 5.74) is 1.37. The summed E-state index contributed by atoms with van der Waals surface area (Å²) >= 11 is 1.77. The minimum Gasteiger partial charge on any atom is -0.368 e. The first-order valence-corrected chi connectivity index (χ1v) is 12.0. The van der Waals surface area contributed by atoms with Crippen molar-refractivity contribution in [2.24, 2.45) is 5.41 Å². The van der Waals surface area contributed by atoms with Crippen molar-refractivity contribution in [3.05, 3.63) is 29.8 Å². The molecule has 1 saturated heterocycles. The molecule has 4 rings (SSSR count). The molecule has 5 nitrogen and oxygen atoms in total. The van der Waals surface area contributed by atoms with Gasteiger partial charge in [-0.2, -0.15) is 0 Å². The minimum absolute atomic E-state index is 0.000173. The van der Waals surface area contributed by atoms with Crippen molar-refractivity contribution < 1.29 is 14.3 Å². The van der Waals surface area contributed by atoms with Gasteiger partial charge in [-0.05, 0) is 54.9 Å². The zero-order valence-electron chi connectivity index (χ0n) is 17.2. The molecule has 2 aliphatic carbocycles. The smallest absolute Gasteiger partial charge is 0.249 e. The van der Waals surface area contributed by atoms with E-state index >= 15 is 0 Å². The summed E-state index contributed by atoms with van der Waals surface area (Å²) < 4.78 is 5.76. The van der Waals surface area contributed by atoms with E-state index in [0.29, 0.717) is 11.8 Å². The van der Waals surface area contributed by atoms with Crippen LogP contribution in [0.25, 0.3) is 0 Å². The second-order valence-electron chi connectivity index (χ2n) is 8.79. The molecule has 3 fully saturated rings. The van der Waals surface area contributed by atoms with E-state index in [9.17, 15) is 9.59 Å². The van der Waals surface area contributed by atoms with E-state index in [1.54, 1.807) is 11.8 Å². The fraction of sp³-hybridized carbons (Fsp3) is 0.652. The topological polar surface area (TPSA) is 67.4 Å². The number of ether oxygens (including phenoxy) is 1. The maximum atomic E-state index is 12.8. The number of carbonyl (C=O) groups excluding carboxylic acids is 2. The number of benzene rings is 1. The van der Waals surface area contributed by atoms with Crippen LogP contribution in [0.3, 0.4) is 0 Å². The normalized spacial score (nSPS) is 27.6. The molecule has 1 unspecified atom stereocenters. The van der Waals surface area contributed by atoms with Gasteiger partial charge in [0.05, 0.1) is 13.0 Å². The summed E-state index contributed by atoms with van der Waals surface area (Å²) in [6.45, 7) is 2.85. The predicted molar refractivity (Wildman–Crippen MR) is 115 cm³/mol. The Morgan fingerprint density at radius 1 is 1.14 bits per heavy atom. The molecule has 3 atom stereocenters. The summed E-state index contributed by atoms with van der Waals surface area (Å²) in [4.78, 5) is 26.6. The molecule has 2 amide bonds. The third-order valence-corrected chi connectivity index (χ3v) is 7.52. The molecular weight excluding hydrogens is 384 g/mol. The molecule has 1 spiro atoms. The fourth-order valence-electron chi connectivity index (χ4n) is 4.61. The van der Waals surface area contributed by atoms with Gasteiger partial charge in [0, 0.05) is 17.0 Å². The van der Waals surface area contributed by atoms with E-state index in [0.717, 1.165) is 50.0 Å². The van der Waals surface area contributed by atoms with Crippen molar-refractivity contribution in [3.8, 4) is 0 Å². The average Bonchev–Trinajstić information content (AvgIpc) is 3.33. The molecule has 1 heterocycles. The van der Waals surface area contributed by atoms with Crippen molar-refractivity contribution in [1.82, 2.24) is 10.6 Å². The van der Waals surface area contributed by atoms with Crippen LogP contribution >= 0.6 is 11.8 Å². The van der Waals surface area contributed by atoms with Crippen LogP contribution in [0.2, 0.25) is 0 Å². The molecule has 29 heavy (non-hydrogen) atoms. The summed E-state index contributed by atoms with van der Waals surface area (Å²) in [7, 11) is 0. The van der Waals surface area contributed by atoms with E-state index < -0.39 is 0 Å². The highest BCUT2D eigenvalue weighted by Gasteiger charge is 2.51. The lowest BCUT2D eigenvalue weighted by molar-refractivity contribution is -0.131. The lowest BCUT2D eigenvalue weighted by Gasteiger charge is -2.33. The highest BCUT2D eigenvalue weighted by atomic mass is 32.2. The molecule has 0 aromatic heterocycles. The minimum atomic E-state index is -0.311. The second-order valence-corrected chi connectivity index (χ2v) is 10.1. The summed E-state index contributed by atoms with van der Waals surface area (Å²) in [6.07, 6.45) is 7.31. The first-order valence-electron chi connectivity index (χ1n) is 11.0. The monoisotopic (exact) mass is 416 g/mol. The molecule has 0 bridgehead atoms. The van der Waals surface area contributed by atoms with Crippen LogP contribution in [-0.4, -0.2) is 42.4 Å². The number of rotatable bonds is 7. The van der Waals surface area contributed by atoms with Gasteiger partial charge in [0.25, 0.3) is 0 Å². The first-order chi connectivity index (χ1) is 14.1. The van der Waals surface area contributed by atoms with Crippen molar-refractivity contribution in [2.75, 3.05) is 12.4 Å². The van der Waals surface area contributed by atoms with E-state index in [4.69, 9.17) is 4.74 Å². The lowest BCUT2D eigenvalue weighted by Crippen LogP contribution is -2.55. The van der Waals surface area contributed by atoms with Crippen LogP contribution in [0, 0.1) is 5.41 Å². The molecule has 2 saturated carbocycles. The Morgan fingerprint density at radius 2 is 1.86 bits per heavy atom. The van der Waals surface area contributed by atoms with Gasteiger partial charge in [-0.3, -0.25) is 9.59 Å². The van der Waals surface area contributed by atoms with Crippen LogP contribution in [0.15, 0.2) is 29.2 Å². The summed E-state index contributed by atoms with van der Waals surface area (Å²) in [6, 6.07) is 8.11. The first kappa shape index (κ1) is 20.7. The Kier molecular flexibility index (Phi) is 6.50. The number of thioether (sulfide) groups is 1. The van der Waals surface area contributed by atoms with Crippen LogP contribution in [0.4, 0.5) is 0 Å². The largest absolute Gasteiger partial charge is 0.368 e. The Hall–Kier alpha value is -1.53. The zero-order valence-corrected chi connectivity index (χ0v) is 18.1.